The average Bonchev–Trinajstić information content (AvgIpc) is 2.54. The molecule has 5 nitrogen and oxygen atoms in total. The fourth-order valence-electron chi connectivity index (χ4n) is 1.92. The summed E-state index contributed by atoms with van der Waals surface area (Å²) >= 11 is 3.32. The van der Waals surface area contributed by atoms with E-state index in [1.54, 1.807) is 48.5 Å². The van der Waals surface area contributed by atoms with Crippen LogP contribution in [-0.4, -0.2) is 11.8 Å². The van der Waals surface area contributed by atoms with E-state index < -0.39 is 0 Å². The number of hydrogen-bond acceptors (Lipinski definition) is 3. The number of nitrogens with zero attached hydrogens (tertiary/aromatic N) is 1. The Kier molecular flexibility index (Phi) is 5.89. The summed E-state index contributed by atoms with van der Waals surface area (Å²) in [6, 6.07) is 16.0. The van der Waals surface area contributed by atoms with Gasteiger partial charge in [0.2, 0.25) is 5.91 Å². The molecule has 0 aromatic heterocycles. The first-order valence-corrected chi connectivity index (χ1v) is 7.67. The minimum absolute atomic E-state index is 0.170. The lowest BCUT2D eigenvalue weighted by Crippen LogP contribution is -2.22. The van der Waals surface area contributed by atoms with Crippen molar-refractivity contribution in [3.8, 4) is 6.07 Å². The lowest BCUT2D eigenvalue weighted by Gasteiger charge is -2.08. The first-order valence-electron chi connectivity index (χ1n) is 6.88. The summed E-state index contributed by atoms with van der Waals surface area (Å²) in [6.07, 6.45) is -0.190. The highest BCUT2D eigenvalue weighted by atomic mass is 79.9. The summed E-state index contributed by atoms with van der Waals surface area (Å²) in [6.45, 7) is 0.344. The number of nitrogens with one attached hydrogen (secondary N) is 2. The molecule has 2 amide bonds. The summed E-state index contributed by atoms with van der Waals surface area (Å²) in [7, 11) is 0. The predicted molar refractivity (Wildman–Crippen MR) is 90.6 cm³/mol. The number of hydrogen-bond donors (Lipinski definition) is 2. The summed E-state index contributed by atoms with van der Waals surface area (Å²) in [5.41, 5.74) is 2.03. The average molecular weight is 372 g/mol. The number of halogens is 1. The Labute approximate surface area is 142 Å². The molecule has 0 aliphatic heterocycles. The summed E-state index contributed by atoms with van der Waals surface area (Å²) in [4.78, 5) is 23.4. The molecule has 2 N–H and O–H groups in total. The van der Waals surface area contributed by atoms with E-state index in [1.807, 2.05) is 6.07 Å². The number of carbonyl (C=O) groups is 2. The maximum Gasteiger partial charge on any atom is 0.251 e. The van der Waals surface area contributed by atoms with Gasteiger partial charge >= 0.3 is 0 Å². The van der Waals surface area contributed by atoms with Crippen LogP contribution < -0.4 is 10.6 Å². The van der Waals surface area contributed by atoms with Gasteiger partial charge in [-0.2, -0.15) is 5.26 Å². The second-order valence-electron chi connectivity index (χ2n) is 4.77. The molecule has 0 heterocycles. The minimum Gasteiger partial charge on any atom is -0.348 e. The van der Waals surface area contributed by atoms with Gasteiger partial charge in [-0.15, -0.1) is 0 Å². The second-order valence-corrected chi connectivity index (χ2v) is 5.69. The number of nitriles is 1. The molecule has 0 atom stereocenters. The van der Waals surface area contributed by atoms with Gasteiger partial charge in [-0.05, 0) is 42.0 Å². The third-order valence-electron chi connectivity index (χ3n) is 3.01. The van der Waals surface area contributed by atoms with E-state index in [9.17, 15) is 9.59 Å². The van der Waals surface area contributed by atoms with Crippen LogP contribution in [-0.2, 0) is 11.3 Å². The Balaban J connectivity index is 1.95. The van der Waals surface area contributed by atoms with Gasteiger partial charge in [0.25, 0.3) is 5.91 Å². The van der Waals surface area contributed by atoms with Crippen LogP contribution in [0.1, 0.15) is 22.3 Å². The van der Waals surface area contributed by atoms with Gasteiger partial charge < -0.3 is 10.6 Å². The molecule has 116 valence electrons. The Bertz CT molecular complexity index is 751. The van der Waals surface area contributed by atoms with Gasteiger partial charge in [0, 0.05) is 22.3 Å². The monoisotopic (exact) mass is 371 g/mol. The van der Waals surface area contributed by atoms with E-state index >= 15 is 0 Å². The van der Waals surface area contributed by atoms with Crippen molar-refractivity contribution in [2.75, 3.05) is 5.32 Å². The van der Waals surface area contributed by atoms with E-state index in [0.717, 1.165) is 10.0 Å². The third kappa shape index (κ3) is 5.24. The van der Waals surface area contributed by atoms with Crippen molar-refractivity contribution < 1.29 is 9.59 Å². The molecular formula is C17H14BrN3O2. The summed E-state index contributed by atoms with van der Waals surface area (Å²) in [5, 5.41) is 13.9. The van der Waals surface area contributed by atoms with Crippen molar-refractivity contribution >= 4 is 33.4 Å². The second kappa shape index (κ2) is 8.11. The van der Waals surface area contributed by atoms with E-state index in [4.69, 9.17) is 5.26 Å². The number of amides is 2. The van der Waals surface area contributed by atoms with Crippen LogP contribution in [0.4, 0.5) is 5.69 Å². The van der Waals surface area contributed by atoms with Crippen molar-refractivity contribution in [2.24, 2.45) is 0 Å². The smallest absolute Gasteiger partial charge is 0.251 e. The number of anilines is 1. The molecule has 23 heavy (non-hydrogen) atoms. The van der Waals surface area contributed by atoms with Gasteiger partial charge in [0.1, 0.15) is 6.42 Å². The Morgan fingerprint density at radius 1 is 1.13 bits per heavy atom. The normalized spacial score (nSPS) is 9.74. The lowest BCUT2D eigenvalue weighted by molar-refractivity contribution is -0.115. The van der Waals surface area contributed by atoms with E-state index in [-0.39, 0.29) is 18.2 Å². The van der Waals surface area contributed by atoms with Gasteiger partial charge in [-0.25, -0.2) is 0 Å². The van der Waals surface area contributed by atoms with Gasteiger partial charge in [-0.3, -0.25) is 9.59 Å². The van der Waals surface area contributed by atoms with E-state index in [2.05, 4.69) is 26.6 Å². The highest BCUT2D eigenvalue weighted by Crippen LogP contribution is 2.12. The van der Waals surface area contributed by atoms with Crippen molar-refractivity contribution in [2.45, 2.75) is 13.0 Å². The highest BCUT2D eigenvalue weighted by molar-refractivity contribution is 9.10. The van der Waals surface area contributed by atoms with Crippen LogP contribution in [0.15, 0.2) is 53.0 Å². The van der Waals surface area contributed by atoms with E-state index in [0.29, 0.717) is 17.8 Å². The first kappa shape index (κ1) is 16.7. The Morgan fingerprint density at radius 3 is 2.57 bits per heavy atom. The summed E-state index contributed by atoms with van der Waals surface area (Å²) in [5.74, 6) is -0.528. The van der Waals surface area contributed by atoms with Crippen LogP contribution in [0.25, 0.3) is 0 Å². The quantitative estimate of drug-likeness (QED) is 0.846. The molecule has 0 saturated heterocycles. The molecule has 0 unspecified atom stereocenters. The Morgan fingerprint density at radius 2 is 1.87 bits per heavy atom. The number of carbonyl (C=O) groups excluding carboxylic acids is 2. The lowest BCUT2D eigenvalue weighted by atomic mass is 10.1. The van der Waals surface area contributed by atoms with Crippen molar-refractivity contribution in [1.29, 1.82) is 5.26 Å². The largest absolute Gasteiger partial charge is 0.348 e. The maximum absolute atomic E-state index is 12.0. The molecule has 0 aliphatic rings. The molecule has 2 rings (SSSR count). The van der Waals surface area contributed by atoms with Crippen LogP contribution in [0.5, 0.6) is 0 Å². The van der Waals surface area contributed by atoms with Crippen LogP contribution in [0.2, 0.25) is 0 Å². The molecule has 2 aromatic carbocycles. The fraction of sp³-hybridized carbons (Fsp3) is 0.118. The van der Waals surface area contributed by atoms with Crippen molar-refractivity contribution in [1.82, 2.24) is 5.32 Å². The zero-order valence-electron chi connectivity index (χ0n) is 12.2. The zero-order valence-corrected chi connectivity index (χ0v) is 13.8. The predicted octanol–water partition coefficient (Wildman–Crippen LogP) is 3.23. The maximum atomic E-state index is 12.0. The molecule has 0 fully saturated rings. The van der Waals surface area contributed by atoms with Gasteiger partial charge in [-0.1, -0.05) is 28.1 Å². The van der Waals surface area contributed by atoms with Crippen molar-refractivity contribution in [3.63, 3.8) is 0 Å². The fourth-order valence-corrected chi connectivity index (χ4v) is 2.19. The van der Waals surface area contributed by atoms with Crippen LogP contribution in [0.3, 0.4) is 0 Å². The SMILES string of the molecule is N#CCC(=O)Nc1cccc(CNC(=O)c2ccc(Br)cc2)c1. The Hall–Kier alpha value is -2.65. The molecule has 0 aliphatic carbocycles. The molecular weight excluding hydrogens is 358 g/mol. The minimum atomic E-state index is -0.358. The molecule has 0 bridgehead atoms. The zero-order chi connectivity index (χ0) is 16.7. The van der Waals surface area contributed by atoms with Crippen LogP contribution >= 0.6 is 15.9 Å². The molecule has 0 saturated carbocycles. The van der Waals surface area contributed by atoms with E-state index in [1.165, 1.54) is 0 Å². The van der Waals surface area contributed by atoms with Crippen molar-refractivity contribution in [3.05, 3.63) is 64.1 Å². The molecule has 6 heteroatoms. The number of rotatable bonds is 5. The topological polar surface area (TPSA) is 82.0 Å². The molecule has 0 spiro atoms. The van der Waals surface area contributed by atoms with Gasteiger partial charge in [0.15, 0.2) is 0 Å². The third-order valence-corrected chi connectivity index (χ3v) is 3.54. The van der Waals surface area contributed by atoms with Gasteiger partial charge in [0.05, 0.1) is 6.07 Å². The first-order chi connectivity index (χ1) is 11.1. The highest BCUT2D eigenvalue weighted by Gasteiger charge is 2.06. The standard InChI is InChI=1S/C17H14BrN3O2/c18-14-6-4-13(5-7-14)17(23)20-11-12-2-1-3-15(10-12)21-16(22)8-9-19/h1-7,10H,8,11H2,(H,20,23)(H,21,22). The molecule has 2 aromatic rings. The van der Waals surface area contributed by atoms with Crippen LogP contribution in [0, 0.1) is 11.3 Å². The number of benzene rings is 2. The summed E-state index contributed by atoms with van der Waals surface area (Å²) < 4.78 is 0.912. The molecule has 0 radical (unpaired) electrons.